The molecule has 0 unspecified atom stereocenters. The van der Waals surface area contributed by atoms with Crippen molar-refractivity contribution in [3.63, 3.8) is 0 Å². The topological polar surface area (TPSA) is 333 Å². The van der Waals surface area contributed by atoms with Crippen molar-refractivity contribution in [2.45, 2.75) is 25.3 Å². The van der Waals surface area contributed by atoms with E-state index in [1.165, 1.54) is 83.6 Å². The Hall–Kier alpha value is -9.78. The molecule has 0 bridgehead atoms. The molecule has 6 aromatic heterocycles. The summed E-state index contributed by atoms with van der Waals surface area (Å²) in [6, 6.07) is 3.07. The maximum absolute atomic E-state index is 13.5. The molecule has 0 fully saturated rings. The van der Waals surface area contributed by atoms with Gasteiger partial charge in [-0.1, -0.05) is 0 Å². The molecule has 76 heavy (non-hydrogen) atoms. The van der Waals surface area contributed by atoms with Crippen molar-refractivity contribution in [3.8, 4) is 12.3 Å². The van der Waals surface area contributed by atoms with Gasteiger partial charge >= 0.3 is 0 Å². The molecule has 6 rings (SSSR count). The second kappa shape index (κ2) is 24.8. The van der Waals surface area contributed by atoms with E-state index in [1.807, 2.05) is 24.9 Å². The van der Waals surface area contributed by atoms with Gasteiger partial charge in [-0.3, -0.25) is 43.2 Å². The molecule has 0 saturated carbocycles. The first kappa shape index (κ1) is 55.5. The highest BCUT2D eigenvalue weighted by Crippen LogP contribution is 2.20. The summed E-state index contributed by atoms with van der Waals surface area (Å²) in [7, 11) is 13.4. The molecule has 400 valence electrons. The Morgan fingerprint density at radius 2 is 1.05 bits per heavy atom. The van der Waals surface area contributed by atoms with Crippen molar-refractivity contribution >= 4 is 81.9 Å². The number of anilines is 5. The third kappa shape index (κ3) is 14.5. The molecule has 1 atom stereocenters. The van der Waals surface area contributed by atoms with Crippen molar-refractivity contribution in [2.24, 2.45) is 42.3 Å². The second-order valence-electron chi connectivity index (χ2n) is 17.7. The van der Waals surface area contributed by atoms with Gasteiger partial charge < -0.3 is 80.2 Å². The predicted molar refractivity (Wildman–Crippen MR) is 277 cm³/mol. The van der Waals surface area contributed by atoms with Gasteiger partial charge in [-0.2, -0.15) is 0 Å². The molecular weight excluding hydrogens is 987 g/mol. The normalized spacial score (nSPS) is 11.3. The predicted octanol–water partition coefficient (Wildman–Crippen LogP) is -0.0238. The summed E-state index contributed by atoms with van der Waals surface area (Å²) in [5.41, 5.74) is 1.36. The van der Waals surface area contributed by atoms with Gasteiger partial charge in [0.1, 0.15) is 23.1 Å². The fourth-order valence-corrected chi connectivity index (χ4v) is 7.57. The number of aryl methyl sites for hydroxylation is 6. The van der Waals surface area contributed by atoms with Crippen molar-refractivity contribution in [1.29, 1.82) is 0 Å². The van der Waals surface area contributed by atoms with E-state index in [0.29, 0.717) is 12.2 Å². The fraction of sp³-hybridized carbons (Fsp3) is 0.333. The lowest BCUT2D eigenvalue weighted by molar-refractivity contribution is -0.123. The molecule has 0 saturated heterocycles. The van der Waals surface area contributed by atoms with Gasteiger partial charge in [0.05, 0.1) is 17.1 Å². The van der Waals surface area contributed by atoms with Crippen molar-refractivity contribution in [2.75, 3.05) is 66.9 Å². The number of nitrogens with zero attached hydrogens (tertiary/aromatic N) is 10. The number of nitrogens with one attached hydrogen (secondary N) is 9. The standard InChI is InChI=1S/C48H59N19O9/c1-10-37(68)56-31(12-15-51-43(71)33-21-29(24-64(33)6)54-48(76)41-58-36(27-67(41)9)60-46(74)39-50-17-19-62(39)4)42(70)59-35-26-66(8)40(57-35)47(75)55-30-22-34(65(7)25-30)45(73)53-28-20-32(63(5)23-28)44(72)52-16-13-38(69)49-14-11-18-61(2)3/h1,17,19-27,31H,11-16,18H2,2-9H3,(H,49,69)(H,51,71)(H,52,72)(H,53,73)(H,54,76)(H,55,75)(H,56,68)(H,59,70)(H,60,74)/t31-/m1/s1. The number of amides is 9. The van der Waals surface area contributed by atoms with Crippen LogP contribution in [0.15, 0.2) is 61.6 Å². The molecule has 0 aliphatic carbocycles. The average Bonchev–Trinajstić information content (AvgIpc) is 4.23. The van der Waals surface area contributed by atoms with Crippen LogP contribution in [0.2, 0.25) is 0 Å². The van der Waals surface area contributed by atoms with Crippen LogP contribution in [0.25, 0.3) is 0 Å². The molecule has 0 aliphatic heterocycles. The Kier molecular flexibility index (Phi) is 18.1. The van der Waals surface area contributed by atoms with Crippen LogP contribution < -0.4 is 47.9 Å². The van der Waals surface area contributed by atoms with E-state index in [1.54, 1.807) is 47.6 Å². The third-order valence-corrected chi connectivity index (χ3v) is 11.4. The van der Waals surface area contributed by atoms with Gasteiger partial charge in [0.2, 0.25) is 23.5 Å². The first-order chi connectivity index (χ1) is 36.1. The van der Waals surface area contributed by atoms with Gasteiger partial charge in [0.25, 0.3) is 41.4 Å². The highest BCUT2D eigenvalue weighted by Gasteiger charge is 2.25. The summed E-state index contributed by atoms with van der Waals surface area (Å²) < 4.78 is 8.77. The lowest BCUT2D eigenvalue weighted by Crippen LogP contribution is -2.45. The van der Waals surface area contributed by atoms with Gasteiger partial charge in [-0.15, -0.1) is 6.42 Å². The van der Waals surface area contributed by atoms with E-state index in [2.05, 4.69) is 62.8 Å². The molecule has 6 aromatic rings. The summed E-state index contributed by atoms with van der Waals surface area (Å²) in [5, 5.41) is 23.9. The van der Waals surface area contributed by atoms with E-state index in [0.717, 1.165) is 13.0 Å². The van der Waals surface area contributed by atoms with Gasteiger partial charge in [-0.25, -0.2) is 15.0 Å². The maximum Gasteiger partial charge on any atom is 0.296 e. The highest BCUT2D eigenvalue weighted by atomic mass is 16.2. The van der Waals surface area contributed by atoms with Crippen LogP contribution in [0.4, 0.5) is 28.7 Å². The molecule has 0 spiro atoms. The zero-order chi connectivity index (χ0) is 55.4. The van der Waals surface area contributed by atoms with Crippen LogP contribution >= 0.6 is 0 Å². The third-order valence-electron chi connectivity index (χ3n) is 11.4. The minimum Gasteiger partial charge on any atom is -0.356 e. The fourth-order valence-electron chi connectivity index (χ4n) is 7.57. The van der Waals surface area contributed by atoms with Gasteiger partial charge in [-0.05, 0) is 57.6 Å². The number of hydrogen-bond acceptors (Lipinski definition) is 13. The molecule has 0 radical (unpaired) electrons. The zero-order valence-corrected chi connectivity index (χ0v) is 43.0. The van der Waals surface area contributed by atoms with Crippen molar-refractivity contribution < 1.29 is 43.2 Å². The van der Waals surface area contributed by atoms with E-state index >= 15 is 0 Å². The number of imidazole rings is 3. The summed E-state index contributed by atoms with van der Waals surface area (Å²) >= 11 is 0. The van der Waals surface area contributed by atoms with Crippen LogP contribution in [0.3, 0.4) is 0 Å². The summed E-state index contributed by atoms with van der Waals surface area (Å²) in [4.78, 5) is 131. The van der Waals surface area contributed by atoms with Crippen LogP contribution in [0, 0.1) is 12.3 Å². The van der Waals surface area contributed by atoms with Crippen LogP contribution in [0.1, 0.15) is 82.6 Å². The van der Waals surface area contributed by atoms with Crippen LogP contribution in [-0.2, 0) is 56.7 Å². The molecular formula is C48H59N19O9. The number of terminal acetylenes is 1. The Bertz CT molecular complexity index is 3230. The highest BCUT2D eigenvalue weighted by molar-refractivity contribution is 6.08. The van der Waals surface area contributed by atoms with E-state index < -0.39 is 53.3 Å². The van der Waals surface area contributed by atoms with Gasteiger partial charge in [0.15, 0.2) is 17.5 Å². The molecule has 0 aliphatic rings. The number of aromatic nitrogens is 9. The average molecular weight is 1050 g/mol. The van der Waals surface area contributed by atoms with Crippen molar-refractivity contribution in [3.05, 3.63) is 96.1 Å². The molecule has 0 aromatic carbocycles. The van der Waals surface area contributed by atoms with E-state index in [-0.39, 0.29) is 89.4 Å². The lowest BCUT2D eigenvalue weighted by atomic mass is 10.2. The quantitative estimate of drug-likeness (QED) is 0.0301. The summed E-state index contributed by atoms with van der Waals surface area (Å²) in [6.07, 6.45) is 16.5. The van der Waals surface area contributed by atoms with E-state index in [4.69, 9.17) is 6.42 Å². The van der Waals surface area contributed by atoms with Crippen molar-refractivity contribution in [1.82, 2.24) is 68.5 Å². The number of carbonyl (C=O) groups is 9. The van der Waals surface area contributed by atoms with E-state index in [9.17, 15) is 43.2 Å². The van der Waals surface area contributed by atoms with Crippen LogP contribution in [0.5, 0.6) is 0 Å². The number of rotatable bonds is 23. The zero-order valence-electron chi connectivity index (χ0n) is 43.0. The Morgan fingerprint density at radius 3 is 1.55 bits per heavy atom. The molecule has 9 amide bonds. The molecule has 28 nitrogen and oxygen atoms in total. The maximum atomic E-state index is 13.5. The Labute approximate surface area is 435 Å². The minimum absolute atomic E-state index is 0.0353. The Balaban J connectivity index is 0.987. The monoisotopic (exact) mass is 1050 g/mol. The number of carbonyl (C=O) groups excluding carboxylic acids is 9. The lowest BCUT2D eigenvalue weighted by Gasteiger charge is -2.17. The minimum atomic E-state index is -1.27. The summed E-state index contributed by atoms with van der Waals surface area (Å²) in [6.45, 7) is 1.36. The first-order valence-electron chi connectivity index (χ1n) is 23.4. The first-order valence-corrected chi connectivity index (χ1v) is 23.4. The number of hydrogen-bond donors (Lipinski definition) is 9. The Morgan fingerprint density at radius 1 is 0.566 bits per heavy atom. The molecule has 9 N–H and O–H groups in total. The second-order valence-corrected chi connectivity index (χ2v) is 17.7. The van der Waals surface area contributed by atoms with Gasteiger partial charge in [0, 0.05) is 112 Å². The molecule has 6 heterocycles. The largest absolute Gasteiger partial charge is 0.356 e. The smallest absolute Gasteiger partial charge is 0.296 e. The SMILES string of the molecule is C#CC(=O)N[C@H](CCNC(=O)c1cc(NC(=O)c2nc(NC(=O)c3nccn3C)cn2C)cn1C)C(=O)Nc1cn(C)c(C(=O)Nc2cc(C(=O)Nc3cc(C(=O)NCCC(=O)NCCCN(C)C)n(C)c3)n(C)c2)n1. The summed E-state index contributed by atoms with van der Waals surface area (Å²) in [5.74, 6) is -3.33. The van der Waals surface area contributed by atoms with Crippen LogP contribution in [-0.4, -0.2) is 147 Å². The molecule has 28 heteroatoms.